The molecule has 2 aliphatic rings. The van der Waals surface area contributed by atoms with Crippen molar-refractivity contribution in [2.24, 2.45) is 10.7 Å². The van der Waals surface area contributed by atoms with Crippen LogP contribution in [-0.2, 0) is 14.8 Å². The van der Waals surface area contributed by atoms with Gasteiger partial charge in [-0.25, -0.2) is 12.7 Å². The van der Waals surface area contributed by atoms with Crippen LogP contribution in [0.3, 0.4) is 0 Å². The van der Waals surface area contributed by atoms with Crippen LogP contribution in [0.15, 0.2) is 4.99 Å². The molecule has 1 atom stereocenters. The minimum absolute atomic E-state index is 0.154. The first kappa shape index (κ1) is 14.5. The molecular weight excluding hydrogens is 268 g/mol. The Kier molecular flexibility index (Phi) is 4.64. The highest BCUT2D eigenvalue weighted by Gasteiger charge is 2.27. The third kappa shape index (κ3) is 3.80. The van der Waals surface area contributed by atoms with E-state index < -0.39 is 10.0 Å². The summed E-state index contributed by atoms with van der Waals surface area (Å²) in [5, 5.41) is 0. The van der Waals surface area contributed by atoms with Crippen molar-refractivity contribution in [2.75, 3.05) is 45.1 Å². The van der Waals surface area contributed by atoms with Gasteiger partial charge in [-0.15, -0.1) is 0 Å². The number of nitrogens with zero attached hydrogens (tertiary/aromatic N) is 3. The highest BCUT2D eigenvalue weighted by molar-refractivity contribution is 7.89. The quantitative estimate of drug-likeness (QED) is 0.535. The van der Waals surface area contributed by atoms with Crippen molar-refractivity contribution < 1.29 is 13.2 Å². The summed E-state index contributed by atoms with van der Waals surface area (Å²) in [6.45, 7) is 5.55. The molecule has 8 heteroatoms. The molecule has 2 fully saturated rings. The Morgan fingerprint density at radius 3 is 2.89 bits per heavy atom. The van der Waals surface area contributed by atoms with Crippen molar-refractivity contribution in [3.63, 3.8) is 0 Å². The normalized spacial score (nSPS) is 28.8. The largest absolute Gasteiger partial charge is 0.375 e. The SMILES string of the molecule is CC1CN(C(N)=NCCN2CCCS2(=O)=O)CCO1. The summed E-state index contributed by atoms with van der Waals surface area (Å²) < 4.78 is 30.1. The maximum absolute atomic E-state index is 11.6. The molecule has 19 heavy (non-hydrogen) atoms. The average Bonchev–Trinajstić information content (AvgIpc) is 2.69. The molecular formula is C11H22N4O3S. The van der Waals surface area contributed by atoms with Crippen LogP contribution in [0.1, 0.15) is 13.3 Å². The molecule has 0 amide bonds. The van der Waals surface area contributed by atoms with Crippen LogP contribution in [0.4, 0.5) is 0 Å². The number of hydrogen-bond acceptors (Lipinski definition) is 4. The third-order valence-electron chi connectivity index (χ3n) is 3.39. The highest BCUT2D eigenvalue weighted by atomic mass is 32.2. The van der Waals surface area contributed by atoms with E-state index in [0.717, 1.165) is 13.1 Å². The monoisotopic (exact) mass is 290 g/mol. The van der Waals surface area contributed by atoms with E-state index in [1.807, 2.05) is 11.8 Å². The standard InChI is InChI=1S/C11H22N4O3S/c1-10-9-14(6-7-18-10)11(12)13-3-5-15-4-2-8-19(15,16)17/h10H,2-9H2,1H3,(H2,12,13). The minimum Gasteiger partial charge on any atom is -0.375 e. The van der Waals surface area contributed by atoms with E-state index in [1.54, 1.807) is 0 Å². The lowest BCUT2D eigenvalue weighted by atomic mass is 10.3. The van der Waals surface area contributed by atoms with E-state index in [4.69, 9.17) is 10.5 Å². The van der Waals surface area contributed by atoms with E-state index in [9.17, 15) is 8.42 Å². The van der Waals surface area contributed by atoms with Gasteiger partial charge in [0.25, 0.3) is 0 Å². The molecule has 0 aromatic heterocycles. The first-order valence-corrected chi connectivity index (χ1v) is 8.24. The fourth-order valence-electron chi connectivity index (χ4n) is 2.34. The molecule has 2 heterocycles. The van der Waals surface area contributed by atoms with Crippen molar-refractivity contribution >= 4 is 16.0 Å². The Bertz CT molecular complexity index is 437. The smallest absolute Gasteiger partial charge is 0.214 e. The average molecular weight is 290 g/mol. The number of rotatable bonds is 3. The predicted octanol–water partition coefficient (Wildman–Crippen LogP) is -0.943. The van der Waals surface area contributed by atoms with Crippen molar-refractivity contribution in [3.8, 4) is 0 Å². The van der Waals surface area contributed by atoms with Crippen LogP contribution >= 0.6 is 0 Å². The molecule has 0 bridgehead atoms. The van der Waals surface area contributed by atoms with Gasteiger partial charge in [0.05, 0.1) is 25.0 Å². The molecule has 7 nitrogen and oxygen atoms in total. The maximum Gasteiger partial charge on any atom is 0.214 e. The molecule has 2 saturated heterocycles. The van der Waals surface area contributed by atoms with Gasteiger partial charge < -0.3 is 15.4 Å². The second-order valence-corrected chi connectivity index (χ2v) is 7.02. The maximum atomic E-state index is 11.6. The Labute approximate surface area is 114 Å². The number of guanidine groups is 1. The van der Waals surface area contributed by atoms with Gasteiger partial charge in [-0.05, 0) is 13.3 Å². The van der Waals surface area contributed by atoms with Crippen LogP contribution < -0.4 is 5.73 Å². The topological polar surface area (TPSA) is 88.2 Å². The van der Waals surface area contributed by atoms with E-state index in [2.05, 4.69) is 4.99 Å². The number of ether oxygens (including phenoxy) is 1. The summed E-state index contributed by atoms with van der Waals surface area (Å²) in [5.74, 6) is 0.736. The number of hydrogen-bond donors (Lipinski definition) is 1. The molecule has 0 spiro atoms. The minimum atomic E-state index is -3.03. The van der Waals surface area contributed by atoms with Crippen LogP contribution in [0.25, 0.3) is 0 Å². The molecule has 0 radical (unpaired) electrons. The van der Waals surface area contributed by atoms with Crippen LogP contribution in [0.2, 0.25) is 0 Å². The molecule has 0 aliphatic carbocycles. The number of nitrogens with two attached hydrogens (primary N) is 1. The van der Waals surface area contributed by atoms with E-state index in [0.29, 0.717) is 38.6 Å². The van der Waals surface area contributed by atoms with E-state index >= 15 is 0 Å². The molecule has 2 aliphatic heterocycles. The van der Waals surface area contributed by atoms with Crippen molar-refractivity contribution in [2.45, 2.75) is 19.4 Å². The summed E-state index contributed by atoms with van der Waals surface area (Å²) in [6, 6.07) is 0. The first-order valence-electron chi connectivity index (χ1n) is 6.63. The van der Waals surface area contributed by atoms with Crippen LogP contribution in [0.5, 0.6) is 0 Å². The van der Waals surface area contributed by atoms with Crippen LogP contribution in [0, 0.1) is 0 Å². The number of aliphatic imine (C=N–C) groups is 1. The first-order chi connectivity index (χ1) is 8.99. The summed E-state index contributed by atoms with van der Waals surface area (Å²) >= 11 is 0. The second kappa shape index (κ2) is 6.06. The van der Waals surface area contributed by atoms with Crippen molar-refractivity contribution in [1.29, 1.82) is 0 Å². The number of morpholine rings is 1. The molecule has 1 unspecified atom stereocenters. The zero-order valence-corrected chi connectivity index (χ0v) is 12.1. The van der Waals surface area contributed by atoms with Crippen LogP contribution in [-0.4, -0.2) is 74.8 Å². The zero-order chi connectivity index (χ0) is 13.9. The molecule has 0 aromatic rings. The molecule has 2 rings (SSSR count). The molecule has 0 aromatic carbocycles. The molecule has 0 saturated carbocycles. The van der Waals surface area contributed by atoms with Gasteiger partial charge in [-0.2, -0.15) is 0 Å². The fraction of sp³-hybridized carbons (Fsp3) is 0.909. The predicted molar refractivity (Wildman–Crippen MR) is 73.5 cm³/mol. The lowest BCUT2D eigenvalue weighted by molar-refractivity contribution is 0.00530. The van der Waals surface area contributed by atoms with Gasteiger partial charge in [-0.1, -0.05) is 0 Å². The second-order valence-electron chi connectivity index (χ2n) is 4.94. The lowest BCUT2D eigenvalue weighted by Gasteiger charge is -2.31. The van der Waals surface area contributed by atoms with Crippen molar-refractivity contribution in [3.05, 3.63) is 0 Å². The van der Waals surface area contributed by atoms with Gasteiger partial charge in [0.2, 0.25) is 10.0 Å². The summed E-state index contributed by atoms with van der Waals surface area (Å²) in [7, 11) is -3.03. The molecule has 2 N–H and O–H groups in total. The van der Waals surface area contributed by atoms with E-state index in [-0.39, 0.29) is 11.9 Å². The van der Waals surface area contributed by atoms with Gasteiger partial charge >= 0.3 is 0 Å². The summed E-state index contributed by atoms with van der Waals surface area (Å²) in [4.78, 5) is 6.25. The van der Waals surface area contributed by atoms with Gasteiger partial charge in [0.1, 0.15) is 0 Å². The Hall–Kier alpha value is -0.860. The van der Waals surface area contributed by atoms with Crippen molar-refractivity contribution in [1.82, 2.24) is 9.21 Å². The van der Waals surface area contributed by atoms with Gasteiger partial charge in [0.15, 0.2) is 5.96 Å². The Morgan fingerprint density at radius 1 is 1.47 bits per heavy atom. The summed E-state index contributed by atoms with van der Waals surface area (Å²) in [6.07, 6.45) is 0.865. The zero-order valence-electron chi connectivity index (χ0n) is 11.3. The fourth-order valence-corrected chi connectivity index (χ4v) is 3.86. The van der Waals surface area contributed by atoms with Gasteiger partial charge in [-0.3, -0.25) is 4.99 Å². The third-order valence-corrected chi connectivity index (χ3v) is 5.35. The highest BCUT2D eigenvalue weighted by Crippen LogP contribution is 2.12. The summed E-state index contributed by atoms with van der Waals surface area (Å²) in [5.41, 5.74) is 5.92. The number of sulfonamides is 1. The molecule has 110 valence electrons. The van der Waals surface area contributed by atoms with Gasteiger partial charge in [0, 0.05) is 26.2 Å². The van der Waals surface area contributed by atoms with E-state index in [1.165, 1.54) is 4.31 Å². The Morgan fingerprint density at radius 2 is 2.26 bits per heavy atom. The Balaban J connectivity index is 1.81. The lowest BCUT2D eigenvalue weighted by Crippen LogP contribution is -2.48.